The molecule has 0 atom stereocenters. The smallest absolute Gasteiger partial charge is 0.339 e. The zero-order chi connectivity index (χ0) is 18.8. The fourth-order valence-corrected chi connectivity index (χ4v) is 4.77. The summed E-state index contributed by atoms with van der Waals surface area (Å²) >= 11 is 1.49. The number of ketones is 1. The number of carbonyl (C=O) groups is 2. The Morgan fingerprint density at radius 3 is 2.77 bits per heavy atom. The highest BCUT2D eigenvalue weighted by Crippen LogP contribution is 2.37. The summed E-state index contributed by atoms with van der Waals surface area (Å²) in [6, 6.07) is 4.49. The molecule has 0 spiro atoms. The third kappa shape index (κ3) is 3.26. The molecule has 1 aliphatic rings. The Hall–Kier alpha value is -2.54. The van der Waals surface area contributed by atoms with Crippen molar-refractivity contribution in [3.05, 3.63) is 60.3 Å². The molecule has 1 aromatic heterocycles. The van der Waals surface area contributed by atoms with Crippen molar-refractivity contribution in [2.24, 2.45) is 0 Å². The molecule has 0 N–H and O–H groups in total. The monoisotopic (exact) mass is 373 g/mol. The maximum Gasteiger partial charge on any atom is 0.339 e. The second-order valence-corrected chi connectivity index (χ2v) is 7.37. The molecular formula is C19H19NO5S. The number of nitro benzene ring substituents is 1. The molecule has 0 fully saturated rings. The maximum atomic E-state index is 12.8. The molecule has 0 saturated carbocycles. The zero-order valence-corrected chi connectivity index (χ0v) is 15.5. The van der Waals surface area contributed by atoms with E-state index in [-0.39, 0.29) is 30.5 Å². The standard InChI is InChI=1S/C19H19NO5S/c1-3-25-19(22)18-13-7-5-9-16(13)26-17(18)10-15(21)12-6-4-8-14(11(12)2)20(23)24/h4,6,8H,3,5,7,9-10H2,1-2H3. The van der Waals surface area contributed by atoms with E-state index in [0.29, 0.717) is 21.6 Å². The third-order valence-corrected chi connectivity index (χ3v) is 5.89. The normalized spacial score (nSPS) is 12.7. The summed E-state index contributed by atoms with van der Waals surface area (Å²) in [6.07, 6.45) is 2.79. The number of hydrogen-bond acceptors (Lipinski definition) is 6. The van der Waals surface area contributed by atoms with E-state index < -0.39 is 4.92 Å². The Balaban J connectivity index is 1.95. The van der Waals surface area contributed by atoms with Crippen LogP contribution in [0.5, 0.6) is 0 Å². The van der Waals surface area contributed by atoms with E-state index in [1.54, 1.807) is 19.9 Å². The van der Waals surface area contributed by atoms with Crippen LogP contribution < -0.4 is 0 Å². The molecule has 0 aliphatic heterocycles. The first kappa shape index (κ1) is 18.3. The van der Waals surface area contributed by atoms with E-state index in [9.17, 15) is 19.7 Å². The summed E-state index contributed by atoms with van der Waals surface area (Å²) in [4.78, 5) is 37.7. The minimum atomic E-state index is -0.490. The van der Waals surface area contributed by atoms with Gasteiger partial charge in [-0.3, -0.25) is 14.9 Å². The fraction of sp³-hybridized carbons (Fsp3) is 0.368. The molecule has 0 bridgehead atoms. The van der Waals surface area contributed by atoms with Gasteiger partial charge in [0.25, 0.3) is 5.69 Å². The highest BCUT2D eigenvalue weighted by molar-refractivity contribution is 7.12. The Bertz CT molecular complexity index is 900. The summed E-state index contributed by atoms with van der Waals surface area (Å²) in [5, 5.41) is 11.1. The summed E-state index contributed by atoms with van der Waals surface area (Å²) < 4.78 is 5.18. The number of Topliss-reactive ketones (excluding diaryl/α,β-unsaturated/α-hetero) is 1. The topological polar surface area (TPSA) is 86.5 Å². The van der Waals surface area contributed by atoms with Gasteiger partial charge in [-0.1, -0.05) is 12.1 Å². The van der Waals surface area contributed by atoms with E-state index in [1.807, 2.05) is 0 Å². The lowest BCUT2D eigenvalue weighted by molar-refractivity contribution is -0.385. The van der Waals surface area contributed by atoms with Gasteiger partial charge in [-0.2, -0.15) is 0 Å². The van der Waals surface area contributed by atoms with Crippen LogP contribution in [0.15, 0.2) is 18.2 Å². The minimum absolute atomic E-state index is 0.0494. The van der Waals surface area contributed by atoms with Gasteiger partial charge in [0.15, 0.2) is 5.78 Å². The Kier molecular flexibility index (Phi) is 5.18. The Morgan fingerprint density at radius 2 is 2.08 bits per heavy atom. The van der Waals surface area contributed by atoms with E-state index in [2.05, 4.69) is 0 Å². The van der Waals surface area contributed by atoms with Crippen molar-refractivity contribution in [3.8, 4) is 0 Å². The van der Waals surface area contributed by atoms with Crippen molar-refractivity contribution in [2.45, 2.75) is 39.5 Å². The number of fused-ring (bicyclic) bond motifs is 1. The number of aryl methyl sites for hydroxylation is 1. The average molecular weight is 373 g/mol. The molecule has 0 amide bonds. The van der Waals surface area contributed by atoms with Crippen LogP contribution in [0, 0.1) is 17.0 Å². The van der Waals surface area contributed by atoms with Gasteiger partial charge in [0.1, 0.15) is 0 Å². The number of nitrogens with zero attached hydrogens (tertiary/aromatic N) is 1. The largest absolute Gasteiger partial charge is 0.462 e. The van der Waals surface area contributed by atoms with Gasteiger partial charge in [-0.25, -0.2) is 4.79 Å². The molecule has 26 heavy (non-hydrogen) atoms. The number of thiophene rings is 1. The van der Waals surface area contributed by atoms with E-state index in [1.165, 1.54) is 23.5 Å². The minimum Gasteiger partial charge on any atom is -0.462 e. The summed E-state index contributed by atoms with van der Waals surface area (Å²) in [5.41, 5.74) is 2.13. The lowest BCUT2D eigenvalue weighted by Crippen LogP contribution is -2.12. The first-order valence-corrected chi connectivity index (χ1v) is 9.33. The maximum absolute atomic E-state index is 12.8. The molecule has 0 saturated heterocycles. The van der Waals surface area contributed by atoms with E-state index in [0.717, 1.165) is 29.7 Å². The predicted octanol–water partition coefficient (Wildman–Crippen LogP) is 4.06. The molecule has 0 radical (unpaired) electrons. The first-order valence-electron chi connectivity index (χ1n) is 8.51. The lowest BCUT2D eigenvalue weighted by Gasteiger charge is -2.08. The highest BCUT2D eigenvalue weighted by Gasteiger charge is 2.29. The highest BCUT2D eigenvalue weighted by atomic mass is 32.1. The number of ether oxygens (including phenoxy) is 1. The number of hydrogen-bond donors (Lipinski definition) is 0. The number of benzene rings is 1. The van der Waals surface area contributed by atoms with Crippen LogP contribution in [0.3, 0.4) is 0 Å². The SMILES string of the molecule is CCOC(=O)c1c(CC(=O)c2cccc([N+](=O)[O-])c2C)sc2c1CCC2. The molecule has 1 aromatic carbocycles. The molecule has 7 heteroatoms. The van der Waals surface area contributed by atoms with Crippen LogP contribution >= 0.6 is 11.3 Å². The van der Waals surface area contributed by atoms with Crippen LogP contribution in [0.2, 0.25) is 0 Å². The van der Waals surface area contributed by atoms with Crippen molar-refractivity contribution in [2.75, 3.05) is 6.61 Å². The van der Waals surface area contributed by atoms with Crippen molar-refractivity contribution >= 4 is 28.8 Å². The molecular weight excluding hydrogens is 354 g/mol. The average Bonchev–Trinajstić information content (AvgIpc) is 3.15. The van der Waals surface area contributed by atoms with Crippen molar-refractivity contribution in [1.82, 2.24) is 0 Å². The second-order valence-electron chi connectivity index (χ2n) is 6.18. The first-order chi connectivity index (χ1) is 12.4. The van der Waals surface area contributed by atoms with Crippen LogP contribution in [0.1, 0.15) is 54.9 Å². The summed E-state index contributed by atoms with van der Waals surface area (Å²) in [7, 11) is 0. The lowest BCUT2D eigenvalue weighted by atomic mass is 9.98. The predicted molar refractivity (Wildman–Crippen MR) is 98.2 cm³/mol. The second kappa shape index (κ2) is 7.37. The Labute approximate surface area is 154 Å². The van der Waals surface area contributed by atoms with Crippen molar-refractivity contribution < 1.29 is 19.2 Å². The fourth-order valence-electron chi connectivity index (χ4n) is 3.39. The molecule has 6 nitrogen and oxygen atoms in total. The molecule has 1 aliphatic carbocycles. The van der Waals surface area contributed by atoms with Gasteiger partial charge < -0.3 is 4.74 Å². The number of nitro groups is 1. The van der Waals surface area contributed by atoms with Crippen molar-refractivity contribution in [1.29, 1.82) is 0 Å². The summed E-state index contributed by atoms with van der Waals surface area (Å²) in [5.74, 6) is -0.609. The summed E-state index contributed by atoms with van der Waals surface area (Å²) in [6.45, 7) is 3.61. The van der Waals surface area contributed by atoms with Gasteiger partial charge >= 0.3 is 5.97 Å². The van der Waals surface area contributed by atoms with Gasteiger partial charge in [0, 0.05) is 33.4 Å². The molecule has 1 heterocycles. The van der Waals surface area contributed by atoms with Gasteiger partial charge in [-0.05, 0) is 38.7 Å². The molecule has 136 valence electrons. The van der Waals surface area contributed by atoms with Crippen LogP contribution in [-0.2, 0) is 24.0 Å². The Morgan fingerprint density at radius 1 is 1.31 bits per heavy atom. The molecule has 3 rings (SSSR count). The third-order valence-electron chi connectivity index (χ3n) is 4.60. The zero-order valence-electron chi connectivity index (χ0n) is 14.7. The number of carbonyl (C=O) groups excluding carboxylic acids is 2. The van der Waals surface area contributed by atoms with Gasteiger partial charge in [0.2, 0.25) is 0 Å². The van der Waals surface area contributed by atoms with Gasteiger partial charge in [0.05, 0.1) is 17.1 Å². The van der Waals surface area contributed by atoms with Crippen LogP contribution in [0.25, 0.3) is 0 Å². The van der Waals surface area contributed by atoms with E-state index in [4.69, 9.17) is 4.74 Å². The number of rotatable bonds is 6. The van der Waals surface area contributed by atoms with Gasteiger partial charge in [-0.15, -0.1) is 11.3 Å². The van der Waals surface area contributed by atoms with Crippen LogP contribution in [-0.4, -0.2) is 23.3 Å². The molecule has 0 unspecified atom stereocenters. The van der Waals surface area contributed by atoms with Crippen LogP contribution in [0.4, 0.5) is 5.69 Å². The van der Waals surface area contributed by atoms with E-state index >= 15 is 0 Å². The molecule has 2 aromatic rings. The quantitative estimate of drug-likeness (QED) is 0.330. The number of esters is 1. The van der Waals surface area contributed by atoms with Crippen molar-refractivity contribution in [3.63, 3.8) is 0 Å².